The smallest absolute Gasteiger partial charge is 0.687 e. The normalized spacial score (nSPS) is 14.0. The summed E-state index contributed by atoms with van der Waals surface area (Å²) < 4.78 is 5.66. The Labute approximate surface area is 451 Å². The summed E-state index contributed by atoms with van der Waals surface area (Å²) in [6, 6.07) is 53.6. The Hall–Kier alpha value is -3.68. The molecule has 8 heteroatoms. The van der Waals surface area contributed by atoms with Gasteiger partial charge in [-0.25, -0.2) is 0 Å². The largest absolute Gasteiger partial charge is 4.00 e. The first-order valence-electron chi connectivity index (χ1n) is 26.3. The minimum atomic E-state index is -2.07. The molecular formula is C62H90BN3Si3Zr. The molecule has 0 saturated carbocycles. The second-order valence-electron chi connectivity index (χ2n) is 21.2. The molecule has 7 aromatic rings. The summed E-state index contributed by atoms with van der Waals surface area (Å²) in [5, 5.41) is 5.52. The van der Waals surface area contributed by atoms with Crippen molar-refractivity contribution < 1.29 is 26.2 Å². The fourth-order valence-corrected chi connectivity index (χ4v) is 39.8. The molecule has 1 saturated heterocycles. The Morgan fingerprint density at radius 3 is 1.19 bits per heavy atom. The fraction of sp³-hybridized carbons (Fsp3) is 0.403. The summed E-state index contributed by atoms with van der Waals surface area (Å²) in [7, 11) is -6.01. The molecule has 1 heterocycles. The molecule has 1 aliphatic rings. The minimum Gasteiger partial charge on any atom is -0.687 e. The van der Waals surface area contributed by atoms with Gasteiger partial charge in [-0.3, -0.25) is 0 Å². The molecule has 372 valence electrons. The maximum Gasteiger partial charge on any atom is 4.00 e. The first-order valence-corrected chi connectivity index (χ1v) is 35.4. The molecule has 0 bridgehead atoms. The van der Waals surface area contributed by atoms with E-state index in [9.17, 15) is 0 Å². The Morgan fingerprint density at radius 1 is 0.514 bits per heavy atom. The Morgan fingerprint density at radius 2 is 0.843 bits per heavy atom. The minimum absolute atomic E-state index is 0. The number of unbranched alkanes of at least 4 members (excludes halogenated alkanes) is 6. The predicted octanol–water partition coefficient (Wildman–Crippen LogP) is 19.7. The van der Waals surface area contributed by atoms with Crippen LogP contribution in [0.4, 0.5) is 17.1 Å². The van der Waals surface area contributed by atoms with Crippen LogP contribution in [0.5, 0.6) is 0 Å². The molecule has 0 unspecified atom stereocenters. The Bertz CT molecular complexity index is 2390. The van der Waals surface area contributed by atoms with Gasteiger partial charge in [-0.2, -0.15) is 12.1 Å². The molecule has 0 radical (unpaired) electrons. The summed E-state index contributed by atoms with van der Waals surface area (Å²) in [4.78, 5) is 6.23. The van der Waals surface area contributed by atoms with Crippen molar-refractivity contribution in [3.8, 4) is 0 Å². The molecule has 0 aromatic heterocycles. The van der Waals surface area contributed by atoms with E-state index in [4.69, 9.17) is 4.98 Å². The predicted molar refractivity (Wildman–Crippen MR) is 322 cm³/mol. The average molecular weight is 1060 g/mol. The van der Waals surface area contributed by atoms with Gasteiger partial charge in [0.05, 0.1) is 0 Å². The molecule has 70 heavy (non-hydrogen) atoms. The number of fused-ring (bicyclic) bond motifs is 2. The van der Waals surface area contributed by atoms with Crippen LogP contribution in [-0.2, 0) is 39.0 Å². The van der Waals surface area contributed by atoms with Gasteiger partial charge >= 0.3 is 33.2 Å². The van der Waals surface area contributed by atoms with Gasteiger partial charge in [0.25, 0.3) is 0 Å². The molecule has 1 aliphatic heterocycles. The van der Waals surface area contributed by atoms with E-state index in [1.807, 2.05) is 0 Å². The van der Waals surface area contributed by atoms with Crippen LogP contribution in [0.3, 0.4) is 0 Å². The number of anilines is 2. The Kier molecular flexibility index (Phi) is 24.7. The maximum absolute atomic E-state index is 5.61. The van der Waals surface area contributed by atoms with Crippen molar-refractivity contribution in [2.75, 3.05) is 8.95 Å². The van der Waals surface area contributed by atoms with E-state index >= 15 is 0 Å². The van der Waals surface area contributed by atoms with Crippen molar-refractivity contribution >= 4 is 70.3 Å². The second kappa shape index (κ2) is 28.5. The zero-order valence-electron chi connectivity index (χ0n) is 46.4. The van der Waals surface area contributed by atoms with Crippen LogP contribution in [0.1, 0.15) is 107 Å². The van der Waals surface area contributed by atoms with Crippen LogP contribution in [0, 0.1) is 28.2 Å². The van der Waals surface area contributed by atoms with Crippen LogP contribution in [-0.4, -0.2) is 31.7 Å². The molecule has 3 nitrogen and oxygen atoms in total. The zero-order valence-corrected chi connectivity index (χ0v) is 51.9. The second-order valence-corrected chi connectivity index (χ2v) is 35.8. The summed E-state index contributed by atoms with van der Waals surface area (Å²) >= 11 is 0. The fourth-order valence-electron chi connectivity index (χ4n) is 11.6. The average Bonchev–Trinajstić information content (AvgIpc) is 3.93. The molecular weight excluding hydrogens is 973 g/mol. The van der Waals surface area contributed by atoms with Gasteiger partial charge in [0.1, 0.15) is 16.5 Å². The molecule has 0 amide bonds. The topological polar surface area (TPSA) is 20.6 Å². The number of aryl methyl sites for hydroxylation is 5. The first kappa shape index (κ1) is 60.6. The molecule has 7 aromatic carbocycles. The van der Waals surface area contributed by atoms with Gasteiger partial charge in [0.2, 0.25) is 0 Å². The number of hydrogen-bond acceptors (Lipinski definition) is 2. The maximum atomic E-state index is 5.61. The van der Waals surface area contributed by atoms with Crippen molar-refractivity contribution in [3.05, 3.63) is 186 Å². The van der Waals surface area contributed by atoms with Gasteiger partial charge in [-0.05, 0) is 64.9 Å². The molecule has 0 atom stereocenters. The van der Waals surface area contributed by atoms with Crippen LogP contribution < -0.4 is 8.95 Å². The molecule has 8 rings (SSSR count). The van der Waals surface area contributed by atoms with E-state index in [1.165, 1.54) is 112 Å². The number of hydrogen-bond donors (Lipinski definition) is 0. The molecule has 1 fully saturated rings. The van der Waals surface area contributed by atoms with Crippen molar-refractivity contribution in [2.45, 2.75) is 164 Å². The van der Waals surface area contributed by atoms with E-state index in [-0.39, 0.29) is 33.6 Å². The van der Waals surface area contributed by atoms with Gasteiger partial charge < -0.3 is 21.4 Å². The third-order valence-electron chi connectivity index (χ3n) is 14.3. The van der Waals surface area contributed by atoms with Gasteiger partial charge in [0.15, 0.2) is 0 Å². The molecule has 0 spiro atoms. The number of rotatable bonds is 14. The van der Waals surface area contributed by atoms with Crippen molar-refractivity contribution in [3.63, 3.8) is 0 Å². The van der Waals surface area contributed by atoms with E-state index < -0.39 is 24.7 Å². The monoisotopic (exact) mass is 1060 g/mol. The third-order valence-corrected chi connectivity index (χ3v) is 35.8. The summed E-state index contributed by atoms with van der Waals surface area (Å²) in [5.74, 6) is 0. The van der Waals surface area contributed by atoms with Crippen molar-refractivity contribution in [1.29, 1.82) is 0 Å². The van der Waals surface area contributed by atoms with Gasteiger partial charge in [0, 0.05) is 11.4 Å². The van der Waals surface area contributed by atoms with Gasteiger partial charge in [-0.15, -0.1) is 86.9 Å². The van der Waals surface area contributed by atoms with Crippen LogP contribution in [0.15, 0.2) is 146 Å². The quantitative estimate of drug-likeness (QED) is 0.0615. The zero-order chi connectivity index (χ0) is 49.5. The van der Waals surface area contributed by atoms with Crippen LogP contribution >= 0.6 is 0 Å². The van der Waals surface area contributed by atoms with Crippen molar-refractivity contribution in [1.82, 2.24) is 0 Å². The summed E-state index contributed by atoms with van der Waals surface area (Å²) in [6.07, 6.45) is 13.3. The summed E-state index contributed by atoms with van der Waals surface area (Å²) in [6.45, 7) is 33.7. The van der Waals surface area contributed by atoms with E-state index in [0.29, 0.717) is 11.8 Å². The standard InChI is InChI=1S/C29H43BN3Si3.C20H16.2C6H14.CH3.Zr/c1-23-11-17-26(18-12-23)31-34(5,6)29-35(7,8)32(27-19-13-24(2)14-20-27)30(4)33(36(29,9)10)28-21-15-25(3)16-22-28;1-3-7-19-15(5-1)9-11-17(19)13-14-18-12-10-16-6-2-4-8-20(16)18;2*1-3-5-6-4-2;;/h11-22,29H,1-10H3;1-12H,13-14H2;2*3-6H2,1-2H3;1H3;/q-1;-2;;;-1;+4. The first-order chi connectivity index (χ1) is 32.5. The van der Waals surface area contributed by atoms with E-state index in [1.54, 1.807) is 0 Å². The summed E-state index contributed by atoms with van der Waals surface area (Å²) in [5.41, 5.74) is 10.7. The SMILES string of the molecule is CB1N(c2ccc(C)cc2)[Si](C)(C)C([Si](C)(C)[N-]c2ccc(C)cc2)[Si](C)(C)N1c1ccc(C)cc1.CCCCCC.CCCCCC.[CH3-].[Zr+4].c1ccc2c(c1)cc[c-]2CC[c-]1ccc2ccccc21. The number of benzene rings is 5. The number of nitrogens with zero attached hydrogens (tertiary/aromatic N) is 3. The molecule has 0 aliphatic carbocycles. The van der Waals surface area contributed by atoms with E-state index in [0.717, 1.165) is 18.5 Å². The molecule has 0 N–H and O–H groups in total. The van der Waals surface area contributed by atoms with Gasteiger partial charge in [-0.1, -0.05) is 209 Å². The van der Waals surface area contributed by atoms with E-state index in [2.05, 4.69) is 249 Å². The van der Waals surface area contributed by atoms with Crippen molar-refractivity contribution in [2.24, 2.45) is 0 Å². The Balaban J connectivity index is 0.000000317. The third kappa shape index (κ3) is 15.7. The van der Waals surface area contributed by atoms with Crippen LogP contribution in [0.25, 0.3) is 26.5 Å². The van der Waals surface area contributed by atoms with Crippen LogP contribution in [0.2, 0.25) is 50.9 Å².